The number of aryl methyl sites for hydroxylation is 1. The Morgan fingerprint density at radius 1 is 0.957 bits per heavy atom. The van der Waals surface area contributed by atoms with Gasteiger partial charge >= 0.3 is 0 Å². The van der Waals surface area contributed by atoms with E-state index in [1.807, 2.05) is 11.0 Å². The van der Waals surface area contributed by atoms with Gasteiger partial charge in [-0.15, -0.1) is 0 Å². The lowest BCUT2D eigenvalue weighted by molar-refractivity contribution is 0.0606. The maximum atomic E-state index is 14.6. The van der Waals surface area contributed by atoms with E-state index < -0.39 is 10.0 Å². The Kier molecular flexibility index (Phi) is 8.70. The molecule has 7 rings (SSSR count). The molecule has 3 saturated heterocycles. The maximum absolute atomic E-state index is 14.6. The number of fused-ring (bicyclic) bond motifs is 3. The van der Waals surface area contributed by atoms with Gasteiger partial charge in [0.15, 0.2) is 0 Å². The summed E-state index contributed by atoms with van der Waals surface area (Å²) in [4.78, 5) is 23.0. The molecule has 0 radical (unpaired) electrons. The van der Waals surface area contributed by atoms with E-state index >= 15 is 0 Å². The summed E-state index contributed by atoms with van der Waals surface area (Å²) in [6.07, 6.45) is 8.30. The lowest BCUT2D eigenvalue weighted by atomic mass is 9.70. The number of nitrogens with one attached hydrogen (secondary N) is 1. The monoisotopic (exact) mass is 657 g/mol. The average Bonchev–Trinajstić information content (AvgIpc) is 3.52. The number of aromatic nitrogens is 2. The summed E-state index contributed by atoms with van der Waals surface area (Å²) in [6.45, 7) is 4.50. The van der Waals surface area contributed by atoms with Gasteiger partial charge in [-0.2, -0.15) is 0 Å². The van der Waals surface area contributed by atoms with Crippen LogP contribution in [-0.4, -0.2) is 71.6 Å². The molecule has 1 N–H and O–H groups in total. The number of para-hydroxylation sites is 2. The van der Waals surface area contributed by atoms with Gasteiger partial charge in [0.25, 0.3) is 5.91 Å². The first-order valence-electron chi connectivity index (χ1n) is 16.9. The van der Waals surface area contributed by atoms with Crippen LogP contribution in [0.1, 0.15) is 78.3 Å². The molecule has 1 amide bonds. The minimum absolute atomic E-state index is 0.0251. The van der Waals surface area contributed by atoms with E-state index in [0.717, 1.165) is 67.4 Å². The van der Waals surface area contributed by atoms with Crippen molar-refractivity contribution in [3.8, 4) is 0 Å². The molecule has 8 nitrogen and oxygen atoms in total. The third-order valence-electron chi connectivity index (χ3n) is 11.0. The fraction of sp³-hybridized carbons (Fsp3) is 0.459. The molecule has 3 aromatic carbocycles. The first-order chi connectivity index (χ1) is 22.6. The van der Waals surface area contributed by atoms with E-state index in [0.29, 0.717) is 36.8 Å². The number of amides is 1. The highest BCUT2D eigenvalue weighted by Crippen LogP contribution is 2.45. The second-order valence-electron chi connectivity index (χ2n) is 13.9. The molecule has 2 bridgehead atoms. The number of imidazole rings is 1. The zero-order valence-electron chi connectivity index (χ0n) is 27.2. The minimum Gasteiger partial charge on any atom is -0.339 e. The number of likely N-dealkylation sites (tertiary alicyclic amines) is 1. The molecule has 10 heteroatoms. The molecule has 4 aromatic rings. The van der Waals surface area contributed by atoms with Crippen LogP contribution in [0, 0.1) is 12.7 Å². The number of carbonyl (C=O) groups excluding carboxylic acids is 1. The van der Waals surface area contributed by atoms with E-state index in [2.05, 4.69) is 51.4 Å². The van der Waals surface area contributed by atoms with Crippen LogP contribution in [0.15, 0.2) is 72.8 Å². The van der Waals surface area contributed by atoms with Gasteiger partial charge in [0.05, 0.1) is 17.3 Å². The third kappa shape index (κ3) is 6.60. The van der Waals surface area contributed by atoms with Gasteiger partial charge < -0.3 is 9.47 Å². The van der Waals surface area contributed by atoms with Gasteiger partial charge in [-0.3, -0.25) is 9.69 Å². The van der Waals surface area contributed by atoms with Crippen molar-refractivity contribution >= 4 is 27.0 Å². The van der Waals surface area contributed by atoms with Crippen LogP contribution in [0.4, 0.5) is 4.39 Å². The van der Waals surface area contributed by atoms with Gasteiger partial charge in [0, 0.05) is 43.3 Å². The number of benzene rings is 3. The van der Waals surface area contributed by atoms with E-state index in [1.165, 1.54) is 24.4 Å². The number of piperidine rings is 2. The maximum Gasteiger partial charge on any atom is 0.253 e. The number of nitrogens with zero attached hydrogens (tertiary/aromatic N) is 4. The number of hydrogen-bond donors (Lipinski definition) is 1. The molecule has 3 aliphatic heterocycles. The summed E-state index contributed by atoms with van der Waals surface area (Å²) in [5.74, 6) is 0.854. The summed E-state index contributed by atoms with van der Waals surface area (Å²) in [5.41, 5.74) is 4.52. The Morgan fingerprint density at radius 2 is 1.66 bits per heavy atom. The highest BCUT2D eigenvalue weighted by atomic mass is 32.2. The smallest absolute Gasteiger partial charge is 0.253 e. The Hall–Kier alpha value is -3.60. The van der Waals surface area contributed by atoms with Crippen molar-refractivity contribution in [3.05, 3.63) is 101 Å². The lowest BCUT2D eigenvalue weighted by Crippen LogP contribution is -2.49. The molecule has 0 saturated carbocycles. The van der Waals surface area contributed by atoms with E-state index in [4.69, 9.17) is 4.98 Å². The quantitative estimate of drug-likeness (QED) is 0.240. The average molecular weight is 658 g/mol. The second kappa shape index (κ2) is 12.8. The normalized spacial score (nSPS) is 23.0. The van der Waals surface area contributed by atoms with Gasteiger partial charge in [-0.05, 0) is 111 Å². The molecule has 0 aliphatic carbocycles. The molecular weight excluding hydrogens is 614 g/mol. The predicted octanol–water partition coefficient (Wildman–Crippen LogP) is 5.97. The van der Waals surface area contributed by atoms with Crippen LogP contribution in [0.2, 0.25) is 0 Å². The van der Waals surface area contributed by atoms with Gasteiger partial charge in [-0.1, -0.05) is 36.4 Å². The Morgan fingerprint density at radius 3 is 2.34 bits per heavy atom. The van der Waals surface area contributed by atoms with Crippen molar-refractivity contribution in [3.63, 3.8) is 0 Å². The van der Waals surface area contributed by atoms with Crippen molar-refractivity contribution < 1.29 is 17.6 Å². The summed E-state index contributed by atoms with van der Waals surface area (Å²) in [6, 6.07) is 24.2. The van der Waals surface area contributed by atoms with E-state index in [-0.39, 0.29) is 23.7 Å². The predicted molar refractivity (Wildman–Crippen MR) is 182 cm³/mol. The Bertz CT molecular complexity index is 1850. The molecule has 1 aromatic heterocycles. The number of hydrogen-bond acceptors (Lipinski definition) is 5. The largest absolute Gasteiger partial charge is 0.339 e. The summed E-state index contributed by atoms with van der Waals surface area (Å²) in [7, 11) is -3.29. The van der Waals surface area contributed by atoms with Crippen LogP contribution < -0.4 is 4.72 Å². The Labute approximate surface area is 277 Å². The fourth-order valence-corrected chi connectivity index (χ4v) is 9.02. The van der Waals surface area contributed by atoms with Crippen LogP contribution >= 0.6 is 0 Å². The summed E-state index contributed by atoms with van der Waals surface area (Å²) < 4.78 is 42.4. The molecule has 3 fully saturated rings. The second-order valence-corrected chi connectivity index (χ2v) is 15.7. The fourth-order valence-electron chi connectivity index (χ4n) is 8.59. The zero-order chi connectivity index (χ0) is 32.8. The van der Waals surface area contributed by atoms with E-state index in [9.17, 15) is 17.6 Å². The van der Waals surface area contributed by atoms with Crippen molar-refractivity contribution in [2.45, 2.75) is 82.0 Å². The van der Waals surface area contributed by atoms with Crippen molar-refractivity contribution in [2.24, 2.45) is 0 Å². The summed E-state index contributed by atoms with van der Waals surface area (Å²) >= 11 is 0. The molecule has 4 heterocycles. The van der Waals surface area contributed by atoms with Crippen LogP contribution in [0.3, 0.4) is 0 Å². The van der Waals surface area contributed by atoms with Crippen LogP contribution in [0.5, 0.6) is 0 Å². The highest BCUT2D eigenvalue weighted by Gasteiger charge is 2.44. The van der Waals surface area contributed by atoms with Crippen molar-refractivity contribution in [1.29, 1.82) is 0 Å². The molecule has 248 valence electrons. The van der Waals surface area contributed by atoms with E-state index in [1.54, 1.807) is 30.3 Å². The SMILES string of the molecule is Cc1nc2ccccc2n1C1CC2CCC(C1)N2CCC1(c2cccc(F)c2)CCN(C(=O)c2ccc(CNS(C)(=O)=O)cc2)CC1. The molecule has 2 atom stereocenters. The molecule has 3 aliphatic rings. The van der Waals surface area contributed by atoms with Gasteiger partial charge in [0.2, 0.25) is 10.0 Å². The first kappa shape index (κ1) is 32.0. The van der Waals surface area contributed by atoms with Gasteiger partial charge in [0.1, 0.15) is 11.6 Å². The van der Waals surface area contributed by atoms with Crippen molar-refractivity contribution in [2.75, 3.05) is 25.9 Å². The number of carbonyl (C=O) groups is 1. The van der Waals surface area contributed by atoms with Crippen LogP contribution in [0.25, 0.3) is 11.0 Å². The Balaban J connectivity index is 1.03. The third-order valence-corrected chi connectivity index (χ3v) is 11.7. The summed E-state index contributed by atoms with van der Waals surface area (Å²) in [5, 5.41) is 0. The molecular formula is C37H44FN5O3S. The minimum atomic E-state index is -3.29. The number of sulfonamides is 1. The van der Waals surface area contributed by atoms with Crippen LogP contribution in [-0.2, 0) is 22.0 Å². The number of halogens is 1. The van der Waals surface area contributed by atoms with Gasteiger partial charge in [-0.25, -0.2) is 22.5 Å². The zero-order valence-corrected chi connectivity index (χ0v) is 28.1. The van der Waals surface area contributed by atoms with Crippen molar-refractivity contribution in [1.82, 2.24) is 24.1 Å². The molecule has 2 unspecified atom stereocenters. The first-order valence-corrected chi connectivity index (χ1v) is 18.8. The lowest BCUT2D eigenvalue weighted by Gasteiger charge is -2.45. The highest BCUT2D eigenvalue weighted by molar-refractivity contribution is 7.88. The molecule has 0 spiro atoms. The molecule has 47 heavy (non-hydrogen) atoms. The standard InChI is InChI=1S/C37H44FN5O3S/c1-26-40-34-8-3-4-9-35(34)43(26)33-23-31-14-15-32(24-33)42(31)21-18-37(29-6-5-7-30(38)22-29)16-19-41(20-17-37)36(44)28-12-10-27(11-13-28)25-39-47(2,45)46/h3-13,22,31-33,39H,14-21,23-25H2,1-2H3. The number of rotatable bonds is 9. The topological polar surface area (TPSA) is 87.5 Å².